The van der Waals surface area contributed by atoms with E-state index in [1.807, 2.05) is 18.2 Å². The highest BCUT2D eigenvalue weighted by Gasteiger charge is 2.55. The fraction of sp³-hybridized carbons (Fsp3) is 0.348. The van der Waals surface area contributed by atoms with Gasteiger partial charge in [-0.25, -0.2) is 0 Å². The van der Waals surface area contributed by atoms with Gasteiger partial charge in [0.2, 0.25) is 0 Å². The molecule has 0 atom stereocenters. The van der Waals surface area contributed by atoms with Crippen molar-refractivity contribution in [1.29, 1.82) is 0 Å². The molecule has 1 aliphatic heterocycles. The van der Waals surface area contributed by atoms with Gasteiger partial charge in [0.05, 0.1) is 21.4 Å². The maximum atomic E-state index is 12.9. The molecule has 0 amide bonds. The Labute approximate surface area is 168 Å². The van der Waals surface area contributed by atoms with Crippen LogP contribution in [0.15, 0.2) is 42.0 Å². The summed E-state index contributed by atoms with van der Waals surface area (Å²) in [5.74, 6) is -1.08. The molecule has 4 nitrogen and oxygen atoms in total. The van der Waals surface area contributed by atoms with Gasteiger partial charge in [0, 0.05) is 17.1 Å². The van der Waals surface area contributed by atoms with Crippen LogP contribution in [0.2, 0.25) is 0 Å². The number of allylic oxidation sites excluding steroid dienone is 1. The number of benzene rings is 1. The summed E-state index contributed by atoms with van der Waals surface area (Å²) in [6.07, 6.45) is 2.67. The second-order valence-corrected chi connectivity index (χ2v) is 9.60. The standard InChI is InChI=1S/C23H23NO3S/c1-22(2)19(25)16(20(26)23(3,4)21(22)27)13-15-9-10-18(28-15)24-12-11-14-7-5-6-8-17(14)24/h5-10,13H,11-12H2,1-4H3. The summed E-state index contributed by atoms with van der Waals surface area (Å²) in [4.78, 5) is 41.5. The van der Waals surface area contributed by atoms with Crippen molar-refractivity contribution >= 4 is 45.5 Å². The normalized spacial score (nSPS) is 20.5. The van der Waals surface area contributed by atoms with Crippen LogP contribution in [0.25, 0.3) is 6.08 Å². The molecule has 1 saturated carbocycles. The molecule has 0 spiro atoms. The van der Waals surface area contributed by atoms with Crippen molar-refractivity contribution in [2.24, 2.45) is 10.8 Å². The van der Waals surface area contributed by atoms with E-state index in [0.29, 0.717) is 0 Å². The van der Waals surface area contributed by atoms with Crippen molar-refractivity contribution < 1.29 is 14.4 Å². The minimum absolute atomic E-state index is 0.129. The zero-order valence-electron chi connectivity index (χ0n) is 16.5. The van der Waals surface area contributed by atoms with Crippen LogP contribution in [0.4, 0.5) is 10.7 Å². The van der Waals surface area contributed by atoms with Gasteiger partial charge in [-0.15, -0.1) is 11.3 Å². The Kier molecular flexibility index (Phi) is 4.19. The SMILES string of the molecule is CC1(C)C(=O)C(=Cc2ccc(N3CCc4ccccc43)s2)C(=O)C(C)(C)C1=O. The zero-order valence-corrected chi connectivity index (χ0v) is 17.4. The number of hydrogen-bond acceptors (Lipinski definition) is 5. The van der Waals surface area contributed by atoms with Crippen LogP contribution in [0.5, 0.6) is 0 Å². The summed E-state index contributed by atoms with van der Waals surface area (Å²) in [5, 5.41) is 1.09. The van der Waals surface area contributed by atoms with E-state index >= 15 is 0 Å². The Bertz CT molecular complexity index is 1010. The molecule has 2 aliphatic rings. The molecule has 0 saturated heterocycles. The Morgan fingerprint density at radius 1 is 0.929 bits per heavy atom. The van der Waals surface area contributed by atoms with E-state index in [4.69, 9.17) is 0 Å². The third-order valence-electron chi connectivity index (χ3n) is 5.81. The number of carbonyl (C=O) groups is 3. The lowest BCUT2D eigenvalue weighted by atomic mass is 9.61. The van der Waals surface area contributed by atoms with Gasteiger partial charge in [-0.3, -0.25) is 14.4 Å². The maximum absolute atomic E-state index is 12.9. The average Bonchev–Trinajstić information content (AvgIpc) is 3.29. The predicted molar refractivity (Wildman–Crippen MR) is 112 cm³/mol. The first-order valence-corrected chi connectivity index (χ1v) is 10.3. The highest BCUT2D eigenvalue weighted by molar-refractivity contribution is 7.17. The molecular weight excluding hydrogens is 370 g/mol. The van der Waals surface area contributed by atoms with Crippen LogP contribution in [0, 0.1) is 10.8 Å². The molecule has 28 heavy (non-hydrogen) atoms. The van der Waals surface area contributed by atoms with Crippen molar-refractivity contribution in [1.82, 2.24) is 0 Å². The minimum Gasteiger partial charge on any atom is -0.333 e. The smallest absolute Gasteiger partial charge is 0.179 e. The first kappa shape index (κ1) is 18.8. The van der Waals surface area contributed by atoms with Crippen LogP contribution in [0.1, 0.15) is 38.1 Å². The number of nitrogens with zero attached hydrogens (tertiary/aromatic N) is 1. The second-order valence-electron chi connectivity index (χ2n) is 8.50. The first-order chi connectivity index (χ1) is 13.1. The molecule has 0 radical (unpaired) electrons. The molecule has 2 heterocycles. The monoisotopic (exact) mass is 393 g/mol. The number of ketones is 3. The van der Waals surface area contributed by atoms with E-state index in [2.05, 4.69) is 23.1 Å². The molecule has 0 unspecified atom stereocenters. The molecule has 5 heteroatoms. The number of hydrogen-bond donors (Lipinski definition) is 0. The molecule has 4 rings (SSSR count). The van der Waals surface area contributed by atoms with Crippen molar-refractivity contribution in [3.63, 3.8) is 0 Å². The predicted octanol–water partition coefficient (Wildman–Crippen LogP) is 4.60. The molecule has 0 N–H and O–H groups in total. The van der Waals surface area contributed by atoms with Gasteiger partial charge < -0.3 is 4.90 Å². The van der Waals surface area contributed by atoms with Crippen LogP contribution in [0.3, 0.4) is 0 Å². The minimum atomic E-state index is -1.18. The third-order valence-corrected chi connectivity index (χ3v) is 6.87. The van der Waals surface area contributed by atoms with Crippen LogP contribution >= 0.6 is 11.3 Å². The van der Waals surface area contributed by atoms with E-state index in [0.717, 1.165) is 22.8 Å². The fourth-order valence-electron chi connectivity index (χ4n) is 4.17. The van der Waals surface area contributed by atoms with Crippen molar-refractivity contribution in [2.45, 2.75) is 34.1 Å². The number of anilines is 2. The van der Waals surface area contributed by atoms with Crippen molar-refractivity contribution in [2.75, 3.05) is 11.4 Å². The largest absolute Gasteiger partial charge is 0.333 e. The summed E-state index contributed by atoms with van der Waals surface area (Å²) < 4.78 is 0. The Morgan fingerprint density at radius 2 is 1.57 bits per heavy atom. The van der Waals surface area contributed by atoms with Crippen LogP contribution < -0.4 is 4.90 Å². The fourth-order valence-corrected chi connectivity index (χ4v) is 5.16. The number of rotatable bonds is 2. The van der Waals surface area contributed by atoms with Crippen LogP contribution in [-0.4, -0.2) is 23.9 Å². The lowest BCUT2D eigenvalue weighted by Gasteiger charge is -2.37. The molecular formula is C23H23NO3S. The molecule has 1 fully saturated rings. The summed E-state index contributed by atoms with van der Waals surface area (Å²) in [7, 11) is 0. The van der Waals surface area contributed by atoms with Gasteiger partial charge >= 0.3 is 0 Å². The Morgan fingerprint density at radius 3 is 2.25 bits per heavy atom. The maximum Gasteiger partial charge on any atom is 0.179 e. The Hall–Kier alpha value is -2.53. The number of fused-ring (bicyclic) bond motifs is 1. The molecule has 0 bridgehead atoms. The number of Topliss-reactive ketones (excluding diaryl/α,β-unsaturated/α-hetero) is 3. The van der Waals surface area contributed by atoms with E-state index in [-0.39, 0.29) is 22.9 Å². The zero-order chi connectivity index (χ0) is 20.3. The van der Waals surface area contributed by atoms with E-state index < -0.39 is 10.8 Å². The van der Waals surface area contributed by atoms with E-state index in [1.165, 1.54) is 11.3 Å². The number of para-hydroxylation sites is 1. The molecule has 1 aromatic carbocycles. The van der Waals surface area contributed by atoms with Gasteiger partial charge in [-0.05, 0) is 64.0 Å². The van der Waals surface area contributed by atoms with Crippen molar-refractivity contribution in [3.05, 3.63) is 52.4 Å². The van der Waals surface area contributed by atoms with E-state index in [1.54, 1.807) is 45.1 Å². The highest BCUT2D eigenvalue weighted by Crippen LogP contribution is 2.43. The van der Waals surface area contributed by atoms with Crippen molar-refractivity contribution in [3.8, 4) is 0 Å². The number of thiophene rings is 1. The average molecular weight is 394 g/mol. The highest BCUT2D eigenvalue weighted by atomic mass is 32.1. The second kappa shape index (κ2) is 6.24. The molecule has 1 aliphatic carbocycles. The van der Waals surface area contributed by atoms with Gasteiger partial charge in [-0.2, -0.15) is 0 Å². The summed E-state index contributed by atoms with van der Waals surface area (Å²) in [6.45, 7) is 7.37. The van der Waals surface area contributed by atoms with E-state index in [9.17, 15) is 14.4 Å². The summed E-state index contributed by atoms with van der Waals surface area (Å²) in [5.41, 5.74) is 0.301. The van der Waals surface area contributed by atoms with Gasteiger partial charge in [0.15, 0.2) is 17.3 Å². The molecule has 1 aromatic heterocycles. The summed E-state index contributed by atoms with van der Waals surface area (Å²) in [6, 6.07) is 12.3. The Balaban J connectivity index is 1.70. The lowest BCUT2D eigenvalue weighted by molar-refractivity contribution is -0.151. The lowest BCUT2D eigenvalue weighted by Crippen LogP contribution is -2.53. The number of carbonyl (C=O) groups excluding carboxylic acids is 3. The van der Waals surface area contributed by atoms with Crippen LogP contribution in [-0.2, 0) is 20.8 Å². The topological polar surface area (TPSA) is 54.5 Å². The molecule has 144 valence electrons. The van der Waals surface area contributed by atoms with Gasteiger partial charge in [-0.1, -0.05) is 18.2 Å². The summed E-state index contributed by atoms with van der Waals surface area (Å²) >= 11 is 1.55. The first-order valence-electron chi connectivity index (χ1n) is 9.45. The molecule has 2 aromatic rings. The third kappa shape index (κ3) is 2.68. The van der Waals surface area contributed by atoms with Gasteiger partial charge in [0.25, 0.3) is 0 Å². The quantitative estimate of drug-likeness (QED) is 0.425. The van der Waals surface area contributed by atoms with Gasteiger partial charge in [0.1, 0.15) is 0 Å².